The van der Waals surface area contributed by atoms with Crippen LogP contribution in [0, 0.1) is 5.82 Å². The molecule has 3 amide bonds. The lowest BCUT2D eigenvalue weighted by Gasteiger charge is -2.30. The number of benzene rings is 2. The summed E-state index contributed by atoms with van der Waals surface area (Å²) in [5.41, 5.74) is 3.02. The van der Waals surface area contributed by atoms with Crippen LogP contribution in [0.4, 0.5) is 9.18 Å². The zero-order valence-electron chi connectivity index (χ0n) is 21.5. The molecule has 2 N–H and O–H groups in total. The van der Waals surface area contributed by atoms with Crippen molar-refractivity contribution in [3.63, 3.8) is 0 Å². The topological polar surface area (TPSA) is 77.7 Å². The van der Waals surface area contributed by atoms with Gasteiger partial charge >= 0.3 is 6.03 Å². The highest BCUT2D eigenvalue weighted by molar-refractivity contribution is 5.85. The molecule has 8 heteroatoms. The van der Waals surface area contributed by atoms with Crippen molar-refractivity contribution in [1.29, 1.82) is 0 Å². The molecule has 1 aromatic heterocycles. The standard InChI is InChI=1S/C29H37FN4O3/c1-37-18-17-34(29(36)32-25-7-3-2-4-8-25)21-28(35)33(20-22-11-13-24(30)14-12-22)16-15-23-19-31-27-10-6-5-9-26(23)27/h5-6,9-14,19,25,31H,2-4,7-8,15-18,20-21H2,1H3,(H,32,36). The summed E-state index contributed by atoms with van der Waals surface area (Å²) in [4.78, 5) is 33.3. The highest BCUT2D eigenvalue weighted by Gasteiger charge is 2.24. The van der Waals surface area contributed by atoms with Gasteiger partial charge in [-0.3, -0.25) is 4.79 Å². The number of carbonyl (C=O) groups is 2. The van der Waals surface area contributed by atoms with E-state index in [9.17, 15) is 14.0 Å². The fourth-order valence-corrected chi connectivity index (χ4v) is 4.93. The second kappa shape index (κ2) is 13.2. The van der Waals surface area contributed by atoms with E-state index < -0.39 is 0 Å². The minimum Gasteiger partial charge on any atom is -0.383 e. The molecule has 1 heterocycles. The zero-order chi connectivity index (χ0) is 26.0. The van der Waals surface area contributed by atoms with Gasteiger partial charge in [0.15, 0.2) is 0 Å². The SMILES string of the molecule is COCCN(CC(=O)N(CCc1c[nH]c2ccccc12)Cc1ccc(F)cc1)C(=O)NC1CCCCC1. The van der Waals surface area contributed by atoms with Gasteiger partial charge in [-0.15, -0.1) is 0 Å². The number of fused-ring (bicyclic) bond motifs is 1. The van der Waals surface area contributed by atoms with Crippen molar-refractivity contribution in [3.8, 4) is 0 Å². The monoisotopic (exact) mass is 508 g/mol. The van der Waals surface area contributed by atoms with E-state index in [1.807, 2.05) is 24.4 Å². The number of aromatic nitrogens is 1. The van der Waals surface area contributed by atoms with Crippen molar-refractivity contribution in [1.82, 2.24) is 20.1 Å². The van der Waals surface area contributed by atoms with Crippen molar-refractivity contribution in [3.05, 3.63) is 71.7 Å². The summed E-state index contributed by atoms with van der Waals surface area (Å²) >= 11 is 0. The van der Waals surface area contributed by atoms with Gasteiger partial charge in [0.2, 0.25) is 5.91 Å². The van der Waals surface area contributed by atoms with Gasteiger partial charge < -0.3 is 24.8 Å². The number of halogens is 1. The third-order valence-corrected chi connectivity index (χ3v) is 7.08. The second-order valence-corrected chi connectivity index (χ2v) is 9.75. The van der Waals surface area contributed by atoms with Crippen LogP contribution in [0.3, 0.4) is 0 Å². The van der Waals surface area contributed by atoms with Gasteiger partial charge in [0.05, 0.1) is 6.61 Å². The summed E-state index contributed by atoms with van der Waals surface area (Å²) in [5.74, 6) is -0.468. The first-order chi connectivity index (χ1) is 18.0. The molecule has 0 unspecified atom stereocenters. The molecular formula is C29H37FN4O3. The summed E-state index contributed by atoms with van der Waals surface area (Å²) in [7, 11) is 1.58. The number of hydrogen-bond donors (Lipinski definition) is 2. The van der Waals surface area contributed by atoms with Crippen molar-refractivity contribution in [2.75, 3.05) is 33.4 Å². The van der Waals surface area contributed by atoms with Crippen molar-refractivity contribution in [2.45, 2.75) is 51.1 Å². The number of hydrogen-bond acceptors (Lipinski definition) is 3. The van der Waals surface area contributed by atoms with E-state index in [0.29, 0.717) is 32.7 Å². The van der Waals surface area contributed by atoms with Crippen LogP contribution in [-0.2, 0) is 22.5 Å². The van der Waals surface area contributed by atoms with E-state index in [0.717, 1.165) is 47.7 Å². The van der Waals surface area contributed by atoms with Crippen LogP contribution < -0.4 is 5.32 Å². The minimum atomic E-state index is -0.314. The van der Waals surface area contributed by atoms with E-state index in [1.165, 1.54) is 18.6 Å². The van der Waals surface area contributed by atoms with E-state index >= 15 is 0 Å². The molecule has 0 aliphatic heterocycles. The van der Waals surface area contributed by atoms with E-state index in [-0.39, 0.29) is 30.3 Å². The molecule has 2 aromatic carbocycles. The second-order valence-electron chi connectivity index (χ2n) is 9.75. The maximum Gasteiger partial charge on any atom is 0.318 e. The first-order valence-corrected chi connectivity index (χ1v) is 13.1. The number of nitrogens with one attached hydrogen (secondary N) is 2. The number of H-pyrrole nitrogens is 1. The molecule has 0 atom stereocenters. The largest absolute Gasteiger partial charge is 0.383 e. The van der Waals surface area contributed by atoms with E-state index in [1.54, 1.807) is 29.0 Å². The first-order valence-electron chi connectivity index (χ1n) is 13.1. The third kappa shape index (κ3) is 7.55. The van der Waals surface area contributed by atoms with Crippen LogP contribution in [-0.4, -0.2) is 66.1 Å². The Kier molecular flexibility index (Phi) is 9.54. The molecular weight excluding hydrogens is 471 g/mol. The molecule has 0 saturated heterocycles. The number of aromatic amines is 1. The highest BCUT2D eigenvalue weighted by atomic mass is 19.1. The predicted octanol–water partition coefficient (Wildman–Crippen LogP) is 4.87. The molecule has 1 aliphatic rings. The number of rotatable bonds is 11. The third-order valence-electron chi connectivity index (χ3n) is 7.08. The van der Waals surface area contributed by atoms with Gasteiger partial charge in [-0.2, -0.15) is 0 Å². The molecule has 4 rings (SSSR count). The van der Waals surface area contributed by atoms with Crippen molar-refractivity contribution >= 4 is 22.8 Å². The maximum absolute atomic E-state index is 13.6. The average Bonchev–Trinajstić information content (AvgIpc) is 3.33. The van der Waals surface area contributed by atoms with Crippen LogP contribution in [0.2, 0.25) is 0 Å². The van der Waals surface area contributed by atoms with Crippen LogP contribution >= 0.6 is 0 Å². The van der Waals surface area contributed by atoms with Gasteiger partial charge in [0.25, 0.3) is 0 Å². The number of methoxy groups -OCH3 is 1. The summed E-state index contributed by atoms with van der Waals surface area (Å²) < 4.78 is 18.7. The quantitative estimate of drug-likeness (QED) is 0.388. The fourth-order valence-electron chi connectivity index (χ4n) is 4.93. The molecule has 1 saturated carbocycles. The number of amides is 3. The summed E-state index contributed by atoms with van der Waals surface area (Å²) in [5, 5.41) is 4.25. The Morgan fingerprint density at radius 3 is 2.54 bits per heavy atom. The number of ether oxygens (including phenoxy) is 1. The minimum absolute atomic E-state index is 0.0447. The molecule has 198 valence electrons. The number of urea groups is 1. The Morgan fingerprint density at radius 2 is 1.78 bits per heavy atom. The molecule has 1 aliphatic carbocycles. The number of carbonyl (C=O) groups excluding carboxylic acids is 2. The Bertz CT molecular complexity index is 1160. The van der Waals surface area contributed by atoms with E-state index in [2.05, 4.69) is 16.4 Å². The molecule has 0 radical (unpaired) electrons. The molecule has 7 nitrogen and oxygen atoms in total. The summed E-state index contributed by atoms with van der Waals surface area (Å²) in [6.07, 6.45) is 8.00. The fraction of sp³-hybridized carbons (Fsp3) is 0.448. The number of nitrogens with zero attached hydrogens (tertiary/aromatic N) is 2. The van der Waals surface area contributed by atoms with Gasteiger partial charge in [-0.1, -0.05) is 49.6 Å². The van der Waals surface area contributed by atoms with Gasteiger partial charge in [0.1, 0.15) is 12.4 Å². The summed E-state index contributed by atoms with van der Waals surface area (Å²) in [6, 6.07) is 14.2. The van der Waals surface area contributed by atoms with Gasteiger partial charge in [-0.05, 0) is 48.6 Å². The Morgan fingerprint density at radius 1 is 1.03 bits per heavy atom. The molecule has 0 bridgehead atoms. The Balaban J connectivity index is 1.47. The zero-order valence-corrected chi connectivity index (χ0v) is 21.5. The molecule has 1 fully saturated rings. The van der Waals surface area contributed by atoms with Crippen molar-refractivity contribution < 1.29 is 18.7 Å². The normalized spacial score (nSPS) is 14.0. The smallest absolute Gasteiger partial charge is 0.318 e. The molecule has 3 aromatic rings. The lowest BCUT2D eigenvalue weighted by Crippen LogP contribution is -2.50. The average molecular weight is 509 g/mol. The Labute approximate surface area is 218 Å². The first kappa shape index (κ1) is 26.7. The predicted molar refractivity (Wildman–Crippen MR) is 143 cm³/mol. The van der Waals surface area contributed by atoms with Crippen LogP contribution in [0.25, 0.3) is 10.9 Å². The van der Waals surface area contributed by atoms with Crippen LogP contribution in [0.5, 0.6) is 0 Å². The van der Waals surface area contributed by atoms with Crippen LogP contribution in [0.15, 0.2) is 54.7 Å². The lowest BCUT2D eigenvalue weighted by molar-refractivity contribution is -0.132. The molecule has 0 spiro atoms. The van der Waals surface area contributed by atoms with Gasteiger partial charge in [-0.25, -0.2) is 9.18 Å². The van der Waals surface area contributed by atoms with E-state index in [4.69, 9.17) is 4.74 Å². The van der Waals surface area contributed by atoms with Crippen molar-refractivity contribution in [2.24, 2.45) is 0 Å². The summed E-state index contributed by atoms with van der Waals surface area (Å²) in [6.45, 7) is 1.44. The van der Waals surface area contributed by atoms with Gasteiger partial charge in [0, 0.05) is 49.9 Å². The maximum atomic E-state index is 13.6. The van der Waals surface area contributed by atoms with Crippen LogP contribution in [0.1, 0.15) is 43.2 Å². The Hall–Kier alpha value is -3.39. The molecule has 37 heavy (non-hydrogen) atoms. The number of para-hydroxylation sites is 1. The highest BCUT2D eigenvalue weighted by Crippen LogP contribution is 2.20. The lowest BCUT2D eigenvalue weighted by atomic mass is 9.96.